The van der Waals surface area contributed by atoms with Crippen LogP contribution in [-0.2, 0) is 14.3 Å². The molecule has 0 saturated carbocycles. The van der Waals surface area contributed by atoms with E-state index in [1.54, 1.807) is 0 Å². The number of ether oxygens (including phenoxy) is 1. The average molecular weight is 365 g/mol. The number of nitro benzene ring substituents is 1. The summed E-state index contributed by atoms with van der Waals surface area (Å²) in [5.74, 6) is -1.63. The quantitative estimate of drug-likeness (QED) is 0.345. The van der Waals surface area contributed by atoms with E-state index in [1.165, 1.54) is 18.2 Å². The van der Waals surface area contributed by atoms with Gasteiger partial charge in [0.2, 0.25) is 11.8 Å². The number of hydrogen-bond donors (Lipinski definition) is 0. The highest BCUT2D eigenvalue weighted by molar-refractivity contribution is 9.10. The van der Waals surface area contributed by atoms with Crippen molar-refractivity contribution in [3.05, 3.63) is 44.9 Å². The highest BCUT2D eigenvalue weighted by atomic mass is 79.9. The Morgan fingerprint density at radius 1 is 1.14 bits per heavy atom. The molecule has 7 nitrogen and oxygen atoms in total. The normalized spacial score (nSPS) is 32.0. The number of non-ortho nitro benzene ring substituents is 1. The smallest absolute Gasteiger partial charge is 0.270 e. The predicted octanol–water partition coefficient (Wildman–Crippen LogP) is 1.80. The number of fused-ring (bicyclic) bond motifs is 5. The number of amides is 2. The minimum absolute atomic E-state index is 0.111. The number of hydrogen-bond acceptors (Lipinski definition) is 5. The molecule has 112 valence electrons. The summed E-state index contributed by atoms with van der Waals surface area (Å²) < 4.78 is 5.90. The zero-order valence-electron chi connectivity index (χ0n) is 11.0. The lowest BCUT2D eigenvalue weighted by Gasteiger charge is -2.18. The van der Waals surface area contributed by atoms with Crippen LogP contribution in [0, 0.1) is 22.0 Å². The first kappa shape index (κ1) is 13.6. The van der Waals surface area contributed by atoms with Gasteiger partial charge in [-0.15, -0.1) is 0 Å². The van der Waals surface area contributed by atoms with Gasteiger partial charge in [-0.05, 0) is 22.0 Å². The number of carbonyl (C=O) groups is 2. The maximum atomic E-state index is 12.6. The molecule has 0 N–H and O–H groups in total. The molecule has 2 saturated heterocycles. The van der Waals surface area contributed by atoms with Crippen molar-refractivity contribution in [1.29, 1.82) is 0 Å². The molecular weight excluding hydrogens is 356 g/mol. The summed E-state index contributed by atoms with van der Waals surface area (Å²) in [6.07, 6.45) is 2.91. The number of carbonyl (C=O) groups excluding carboxylic acids is 2. The second kappa shape index (κ2) is 4.47. The Kier molecular flexibility index (Phi) is 2.76. The number of rotatable bonds is 2. The van der Waals surface area contributed by atoms with E-state index in [1.807, 2.05) is 12.2 Å². The molecule has 22 heavy (non-hydrogen) atoms. The summed E-state index contributed by atoms with van der Waals surface area (Å²) in [6, 6.07) is 3.97. The maximum absolute atomic E-state index is 12.6. The molecule has 0 spiro atoms. The Labute approximate surface area is 132 Å². The first-order valence-corrected chi connectivity index (χ1v) is 7.44. The van der Waals surface area contributed by atoms with Gasteiger partial charge in [-0.25, -0.2) is 4.90 Å². The molecule has 1 aromatic rings. The van der Waals surface area contributed by atoms with Crippen LogP contribution in [0.3, 0.4) is 0 Å². The monoisotopic (exact) mass is 364 g/mol. The molecule has 3 heterocycles. The van der Waals surface area contributed by atoms with E-state index in [4.69, 9.17) is 4.74 Å². The van der Waals surface area contributed by atoms with Crippen molar-refractivity contribution in [1.82, 2.24) is 0 Å². The van der Waals surface area contributed by atoms with Crippen LogP contribution in [-0.4, -0.2) is 28.9 Å². The maximum Gasteiger partial charge on any atom is 0.270 e. The highest BCUT2D eigenvalue weighted by Crippen LogP contribution is 2.47. The van der Waals surface area contributed by atoms with Gasteiger partial charge in [0.25, 0.3) is 5.69 Å². The lowest BCUT2D eigenvalue weighted by molar-refractivity contribution is -0.384. The molecule has 4 rings (SSSR count). The third-order valence-electron chi connectivity index (χ3n) is 4.29. The van der Waals surface area contributed by atoms with Gasteiger partial charge in [0, 0.05) is 16.6 Å². The fraction of sp³-hybridized carbons (Fsp3) is 0.286. The Morgan fingerprint density at radius 2 is 1.73 bits per heavy atom. The molecule has 2 bridgehead atoms. The number of nitro groups is 1. The lowest BCUT2D eigenvalue weighted by atomic mass is 9.85. The SMILES string of the molecule is O=C1[C@H]2[C@H](C(=O)N1c1ccc([N+](=O)[O-])cc1Br)[C@H]1C=C[C@H]2O1. The summed E-state index contributed by atoms with van der Waals surface area (Å²) in [4.78, 5) is 36.5. The van der Waals surface area contributed by atoms with Crippen LogP contribution < -0.4 is 4.90 Å². The van der Waals surface area contributed by atoms with Crippen LogP contribution in [0.5, 0.6) is 0 Å². The topological polar surface area (TPSA) is 89.8 Å². The first-order valence-electron chi connectivity index (χ1n) is 6.64. The molecule has 0 aromatic heterocycles. The van der Waals surface area contributed by atoms with Gasteiger partial charge in [0.05, 0.1) is 34.7 Å². The second-order valence-corrected chi connectivity index (χ2v) is 6.26. The molecule has 1 aromatic carbocycles. The molecule has 4 atom stereocenters. The molecule has 0 radical (unpaired) electrons. The van der Waals surface area contributed by atoms with Crippen molar-refractivity contribution < 1.29 is 19.2 Å². The van der Waals surface area contributed by atoms with Gasteiger partial charge < -0.3 is 4.74 Å². The van der Waals surface area contributed by atoms with Gasteiger partial charge in [0.15, 0.2) is 0 Å². The number of benzene rings is 1. The standard InChI is InChI=1S/C14H9BrN2O5/c15-7-5-6(17(20)21)1-2-8(7)16-13(18)11-9-3-4-10(22-9)12(11)14(16)19/h1-5,9-12H/t9-,10-,11-,12-/m1/s1. The lowest BCUT2D eigenvalue weighted by Crippen LogP contribution is -2.34. The number of halogens is 1. The van der Waals surface area contributed by atoms with Crippen LogP contribution in [0.1, 0.15) is 0 Å². The van der Waals surface area contributed by atoms with E-state index in [0.29, 0.717) is 10.2 Å². The minimum Gasteiger partial charge on any atom is -0.365 e. The van der Waals surface area contributed by atoms with Gasteiger partial charge in [-0.2, -0.15) is 0 Å². The molecule has 2 fully saturated rings. The van der Waals surface area contributed by atoms with E-state index in [0.717, 1.165) is 4.90 Å². The van der Waals surface area contributed by atoms with Crippen LogP contribution in [0.4, 0.5) is 11.4 Å². The Morgan fingerprint density at radius 3 is 2.23 bits per heavy atom. The summed E-state index contributed by atoms with van der Waals surface area (Å²) in [5.41, 5.74) is 0.217. The Bertz CT molecular complexity index is 732. The summed E-state index contributed by atoms with van der Waals surface area (Å²) >= 11 is 3.21. The van der Waals surface area contributed by atoms with E-state index in [9.17, 15) is 19.7 Å². The largest absolute Gasteiger partial charge is 0.365 e. The van der Waals surface area contributed by atoms with Gasteiger partial charge in [0.1, 0.15) is 0 Å². The van der Waals surface area contributed by atoms with Crippen LogP contribution >= 0.6 is 15.9 Å². The predicted molar refractivity (Wildman–Crippen MR) is 78.1 cm³/mol. The van der Waals surface area contributed by atoms with E-state index >= 15 is 0 Å². The highest BCUT2D eigenvalue weighted by Gasteiger charge is 2.61. The van der Waals surface area contributed by atoms with E-state index < -0.39 is 16.8 Å². The third-order valence-corrected chi connectivity index (χ3v) is 4.93. The van der Waals surface area contributed by atoms with Crippen LogP contribution in [0.15, 0.2) is 34.8 Å². The van der Waals surface area contributed by atoms with Crippen molar-refractivity contribution in [2.75, 3.05) is 4.90 Å². The summed E-state index contributed by atoms with van der Waals surface area (Å²) in [7, 11) is 0. The van der Waals surface area contributed by atoms with E-state index in [2.05, 4.69) is 15.9 Å². The average Bonchev–Trinajstić information content (AvgIpc) is 3.14. The zero-order chi connectivity index (χ0) is 15.6. The zero-order valence-corrected chi connectivity index (χ0v) is 12.6. The molecule has 3 aliphatic heterocycles. The van der Waals surface area contributed by atoms with Gasteiger partial charge in [-0.3, -0.25) is 19.7 Å². The molecule has 0 unspecified atom stereocenters. The van der Waals surface area contributed by atoms with E-state index in [-0.39, 0.29) is 29.7 Å². The summed E-state index contributed by atoms with van der Waals surface area (Å²) in [6.45, 7) is 0. The van der Waals surface area contributed by atoms with Crippen molar-refractivity contribution in [3.63, 3.8) is 0 Å². The van der Waals surface area contributed by atoms with Crippen molar-refractivity contribution in [2.24, 2.45) is 11.8 Å². The minimum atomic E-state index is -0.533. The molecular formula is C14H9BrN2O5. The fourth-order valence-corrected chi connectivity index (χ4v) is 3.88. The fourth-order valence-electron chi connectivity index (χ4n) is 3.33. The van der Waals surface area contributed by atoms with Gasteiger partial charge in [-0.1, -0.05) is 12.2 Å². The van der Waals surface area contributed by atoms with Crippen molar-refractivity contribution in [3.8, 4) is 0 Å². The van der Waals surface area contributed by atoms with Crippen molar-refractivity contribution >= 4 is 39.1 Å². The number of nitrogens with zero attached hydrogens (tertiary/aromatic N) is 2. The second-order valence-electron chi connectivity index (χ2n) is 5.41. The van der Waals surface area contributed by atoms with Crippen LogP contribution in [0.2, 0.25) is 0 Å². The Balaban J connectivity index is 1.74. The number of anilines is 1. The number of imide groups is 1. The Hall–Kier alpha value is -2.06. The molecule has 3 aliphatic rings. The first-order chi connectivity index (χ1) is 10.5. The van der Waals surface area contributed by atoms with Crippen LogP contribution in [0.25, 0.3) is 0 Å². The summed E-state index contributed by atoms with van der Waals surface area (Å²) in [5, 5.41) is 10.8. The third kappa shape index (κ3) is 1.65. The molecule has 8 heteroatoms. The van der Waals surface area contributed by atoms with Gasteiger partial charge >= 0.3 is 0 Å². The molecule has 2 amide bonds. The molecule has 0 aliphatic carbocycles. The van der Waals surface area contributed by atoms with Crippen molar-refractivity contribution in [2.45, 2.75) is 12.2 Å².